The van der Waals surface area contributed by atoms with Gasteiger partial charge in [-0.2, -0.15) is 13.2 Å². The number of anilines is 2. The predicted molar refractivity (Wildman–Crippen MR) is 93.5 cm³/mol. The predicted octanol–water partition coefficient (Wildman–Crippen LogP) is 2.15. The maximum absolute atomic E-state index is 12.8. The van der Waals surface area contributed by atoms with Gasteiger partial charge in [0.2, 0.25) is 5.13 Å². The number of hydrogen-bond donors (Lipinski definition) is 1. The second-order valence-electron chi connectivity index (χ2n) is 5.91. The molecule has 27 heavy (non-hydrogen) atoms. The Bertz CT molecular complexity index is 847. The maximum Gasteiger partial charge on any atom is 0.416 e. The van der Waals surface area contributed by atoms with E-state index >= 15 is 0 Å². The number of carbonyl (C=O) groups excluding carboxylic acids is 2. The van der Waals surface area contributed by atoms with Gasteiger partial charge in [0.05, 0.1) is 5.56 Å². The minimum absolute atomic E-state index is 0.234. The number of carbonyl (C=O) groups is 2. The van der Waals surface area contributed by atoms with E-state index in [0.29, 0.717) is 23.8 Å². The number of alkyl halides is 3. The summed E-state index contributed by atoms with van der Waals surface area (Å²) in [6, 6.07) is 5.05. The van der Waals surface area contributed by atoms with Crippen LogP contribution in [0.5, 0.6) is 0 Å². The fraction of sp³-hybridized carbons (Fsp3) is 0.375. The lowest BCUT2D eigenvalue weighted by atomic mass is 10.1. The largest absolute Gasteiger partial charge is 0.416 e. The van der Waals surface area contributed by atoms with Crippen LogP contribution in [0.2, 0.25) is 0 Å². The number of hydrogen-bond acceptors (Lipinski definition) is 6. The number of aromatic nitrogens is 2. The van der Waals surface area contributed by atoms with Crippen LogP contribution in [0.3, 0.4) is 0 Å². The molecule has 0 radical (unpaired) electrons. The van der Waals surface area contributed by atoms with Gasteiger partial charge >= 0.3 is 18.0 Å². The van der Waals surface area contributed by atoms with Crippen LogP contribution in [-0.4, -0.2) is 53.1 Å². The first-order chi connectivity index (χ1) is 12.7. The van der Waals surface area contributed by atoms with Gasteiger partial charge in [-0.05, 0) is 25.1 Å². The van der Waals surface area contributed by atoms with Crippen molar-refractivity contribution in [2.45, 2.75) is 13.1 Å². The Morgan fingerprint density at radius 1 is 1.15 bits per heavy atom. The van der Waals surface area contributed by atoms with Crippen LogP contribution >= 0.6 is 11.3 Å². The molecule has 1 fully saturated rings. The number of rotatable bonds is 2. The summed E-state index contributed by atoms with van der Waals surface area (Å²) in [7, 11) is 0. The van der Waals surface area contributed by atoms with Crippen molar-refractivity contribution in [2.75, 3.05) is 36.4 Å². The fourth-order valence-corrected chi connectivity index (χ4v) is 3.27. The molecule has 1 saturated heterocycles. The topological polar surface area (TPSA) is 78.4 Å². The lowest BCUT2D eigenvalue weighted by molar-refractivity contribution is -0.143. The van der Waals surface area contributed by atoms with E-state index in [9.17, 15) is 22.8 Å². The van der Waals surface area contributed by atoms with Crippen molar-refractivity contribution in [3.05, 3.63) is 34.8 Å². The lowest BCUT2D eigenvalue weighted by Crippen LogP contribution is -2.51. The van der Waals surface area contributed by atoms with Crippen LogP contribution in [-0.2, 0) is 15.8 Å². The van der Waals surface area contributed by atoms with Crippen molar-refractivity contribution in [1.29, 1.82) is 0 Å². The number of amides is 2. The van der Waals surface area contributed by atoms with E-state index in [1.165, 1.54) is 11.0 Å². The highest BCUT2D eigenvalue weighted by molar-refractivity contribution is 7.15. The summed E-state index contributed by atoms with van der Waals surface area (Å²) in [6.07, 6.45) is -4.41. The molecule has 1 N–H and O–H groups in total. The van der Waals surface area contributed by atoms with Crippen molar-refractivity contribution in [2.24, 2.45) is 0 Å². The van der Waals surface area contributed by atoms with Crippen molar-refractivity contribution >= 4 is 34.0 Å². The lowest BCUT2D eigenvalue weighted by Gasteiger charge is -2.35. The smallest absolute Gasteiger partial charge is 0.368 e. The molecule has 0 unspecified atom stereocenters. The first-order valence-corrected chi connectivity index (χ1v) is 8.88. The van der Waals surface area contributed by atoms with E-state index in [2.05, 4.69) is 15.5 Å². The third kappa shape index (κ3) is 4.54. The Labute approximate surface area is 156 Å². The van der Waals surface area contributed by atoms with E-state index < -0.39 is 23.6 Å². The summed E-state index contributed by atoms with van der Waals surface area (Å²) in [5.74, 6) is -1.51. The highest BCUT2D eigenvalue weighted by Crippen LogP contribution is 2.31. The number of nitrogens with one attached hydrogen (secondary N) is 1. The van der Waals surface area contributed by atoms with E-state index in [1.54, 1.807) is 17.9 Å². The molecule has 2 aromatic rings. The van der Waals surface area contributed by atoms with E-state index in [1.807, 2.05) is 0 Å². The molecule has 0 atom stereocenters. The number of nitrogens with zero attached hydrogens (tertiary/aromatic N) is 4. The zero-order chi connectivity index (χ0) is 19.6. The molecule has 1 aromatic carbocycles. The average molecular weight is 399 g/mol. The molecule has 144 valence electrons. The van der Waals surface area contributed by atoms with E-state index in [0.717, 1.165) is 23.5 Å². The summed E-state index contributed by atoms with van der Waals surface area (Å²) >= 11 is 1.16. The molecule has 3 rings (SSSR count). The molecule has 1 aliphatic rings. The second kappa shape index (κ2) is 7.51. The molecule has 2 heterocycles. The van der Waals surface area contributed by atoms with Gasteiger partial charge in [-0.15, -0.1) is 10.2 Å². The van der Waals surface area contributed by atoms with Crippen molar-refractivity contribution in [3.8, 4) is 0 Å². The highest BCUT2D eigenvalue weighted by atomic mass is 32.1. The molecule has 0 bridgehead atoms. The molecule has 1 aliphatic heterocycles. The first-order valence-electron chi connectivity index (χ1n) is 8.06. The van der Waals surface area contributed by atoms with E-state index in [4.69, 9.17) is 0 Å². The Morgan fingerprint density at radius 2 is 1.85 bits per heavy atom. The average Bonchev–Trinajstić information content (AvgIpc) is 3.05. The van der Waals surface area contributed by atoms with Gasteiger partial charge in [0.1, 0.15) is 5.01 Å². The Kier molecular flexibility index (Phi) is 5.31. The van der Waals surface area contributed by atoms with Gasteiger partial charge in [0, 0.05) is 31.9 Å². The van der Waals surface area contributed by atoms with Gasteiger partial charge in [0.15, 0.2) is 0 Å². The molecular formula is C16H16F3N5O2S. The number of aryl methyl sites for hydroxylation is 1. The van der Waals surface area contributed by atoms with Crippen LogP contribution < -0.4 is 10.2 Å². The Hall–Kier alpha value is -2.69. The Morgan fingerprint density at radius 3 is 2.44 bits per heavy atom. The normalized spacial score (nSPS) is 15.0. The fourth-order valence-electron chi connectivity index (χ4n) is 2.69. The summed E-state index contributed by atoms with van der Waals surface area (Å²) < 4.78 is 38.5. The Balaban J connectivity index is 1.58. The first kappa shape index (κ1) is 19.1. The van der Waals surface area contributed by atoms with Crippen molar-refractivity contribution in [3.63, 3.8) is 0 Å². The molecule has 7 nitrogen and oxygen atoms in total. The van der Waals surface area contributed by atoms with Gasteiger partial charge < -0.3 is 9.80 Å². The third-order valence-corrected chi connectivity index (χ3v) is 4.80. The zero-order valence-electron chi connectivity index (χ0n) is 14.3. The van der Waals surface area contributed by atoms with Crippen LogP contribution in [0.4, 0.5) is 24.0 Å². The van der Waals surface area contributed by atoms with E-state index in [-0.39, 0.29) is 18.2 Å². The number of piperazine rings is 1. The second-order valence-corrected chi connectivity index (χ2v) is 7.09. The van der Waals surface area contributed by atoms with Gasteiger partial charge in [-0.3, -0.25) is 14.9 Å². The van der Waals surface area contributed by atoms with Crippen molar-refractivity contribution in [1.82, 2.24) is 15.1 Å². The molecule has 0 spiro atoms. The minimum Gasteiger partial charge on any atom is -0.368 e. The number of benzene rings is 1. The standard InChI is InChI=1S/C16H16F3N5O2S/c1-10-21-22-15(27-10)20-13(25)14(26)24-7-5-23(6-8-24)12-4-2-3-11(9-12)16(17,18)19/h2-4,9H,5-8H2,1H3,(H,20,22,25). The molecule has 2 amide bonds. The van der Waals surface area contributed by atoms with Gasteiger partial charge in [0.25, 0.3) is 0 Å². The quantitative estimate of drug-likeness (QED) is 0.783. The summed E-state index contributed by atoms with van der Waals surface area (Å²) in [5.41, 5.74) is -0.282. The summed E-state index contributed by atoms with van der Waals surface area (Å²) in [6.45, 7) is 2.86. The van der Waals surface area contributed by atoms with Crippen LogP contribution in [0.25, 0.3) is 0 Å². The van der Waals surface area contributed by atoms with Crippen LogP contribution in [0, 0.1) is 6.92 Å². The third-order valence-electron chi connectivity index (χ3n) is 4.05. The van der Waals surface area contributed by atoms with Crippen molar-refractivity contribution < 1.29 is 22.8 Å². The highest BCUT2D eigenvalue weighted by Gasteiger charge is 2.32. The minimum atomic E-state index is -4.41. The van der Waals surface area contributed by atoms with Crippen LogP contribution in [0.1, 0.15) is 10.6 Å². The molecule has 0 aliphatic carbocycles. The van der Waals surface area contributed by atoms with Crippen LogP contribution in [0.15, 0.2) is 24.3 Å². The molecule has 0 saturated carbocycles. The molecule has 11 heteroatoms. The maximum atomic E-state index is 12.8. The monoisotopic (exact) mass is 399 g/mol. The van der Waals surface area contributed by atoms with Gasteiger partial charge in [-0.25, -0.2) is 0 Å². The zero-order valence-corrected chi connectivity index (χ0v) is 15.1. The molecule has 1 aromatic heterocycles. The summed E-state index contributed by atoms with van der Waals surface area (Å²) in [5, 5.41) is 10.8. The SMILES string of the molecule is Cc1nnc(NC(=O)C(=O)N2CCN(c3cccc(C(F)(F)F)c3)CC2)s1. The van der Waals surface area contributed by atoms with Gasteiger partial charge in [-0.1, -0.05) is 17.4 Å². The number of halogens is 3. The summed E-state index contributed by atoms with van der Waals surface area (Å²) in [4.78, 5) is 27.4. The molecular weight excluding hydrogens is 383 g/mol.